The molecule has 1 radical (unpaired) electrons. The Morgan fingerprint density at radius 1 is 0.947 bits per heavy atom. The summed E-state index contributed by atoms with van der Waals surface area (Å²) in [5.41, 5.74) is 0. The molecule has 0 bridgehead atoms. The second kappa shape index (κ2) is 11.2. The molecule has 0 saturated carbocycles. The molecule has 101 valence electrons. The fourth-order valence-electron chi connectivity index (χ4n) is 1.00. The van der Waals surface area contributed by atoms with Crippen molar-refractivity contribution in [2.75, 3.05) is 0 Å². The molecule has 0 aromatic carbocycles. The minimum absolute atomic E-state index is 0. The molecule has 0 aliphatic rings. The first-order valence-corrected chi connectivity index (χ1v) is 4.33. The first kappa shape index (κ1) is 23.5. The van der Waals surface area contributed by atoms with Crippen LogP contribution in [0.1, 0.15) is 12.8 Å². The molecule has 9 nitrogen and oxygen atoms in total. The van der Waals surface area contributed by atoms with Gasteiger partial charge in [-0.05, 0) is 0 Å². The Bertz CT molecular complexity index is 318. The number of aliphatic carboxylic acids is 4. The van der Waals surface area contributed by atoms with Gasteiger partial charge in [0.2, 0.25) is 0 Å². The Kier molecular flexibility index (Phi) is 13.8. The molecule has 0 aliphatic carbocycles. The van der Waals surface area contributed by atoms with Gasteiger partial charge in [-0.15, -0.1) is 0 Å². The minimum Gasteiger partial charge on any atom is -0.550 e. The summed E-state index contributed by atoms with van der Waals surface area (Å²) in [5.74, 6) is -7.01. The summed E-state index contributed by atoms with van der Waals surface area (Å²) in [6.07, 6.45) is -2.01. The average molecular weight is 324 g/mol. The number of carbonyl (C=O) groups is 4. The topological polar surface area (TPSA) is 170 Å². The van der Waals surface area contributed by atoms with Gasteiger partial charge < -0.3 is 40.1 Å². The summed E-state index contributed by atoms with van der Waals surface area (Å²) in [7, 11) is 0. The average Bonchev–Trinajstić information content (AvgIpc) is 2.13. The third-order valence-electron chi connectivity index (χ3n) is 1.72. The predicted octanol–water partition coefficient (Wildman–Crippen LogP) is -8.57. The molecular formula is C8H8MnNNaO8. The molecule has 2 unspecified atom stereocenters. The standard InChI is InChI=1S/C8H11NO8.Mn.Na/c10-5(11)1-3(7(14)15)9-4(8(16)17)2-6(12)13;;/h3-4,9H,1-2H2,(H,10,11)(H,12,13)(H,14,15)(H,16,17);;/q;+2;+1/p-3. The maximum atomic E-state index is 10.5. The van der Waals surface area contributed by atoms with Gasteiger partial charge in [0.15, 0.2) is 0 Å². The van der Waals surface area contributed by atoms with Crippen molar-refractivity contribution in [2.24, 2.45) is 0 Å². The predicted molar refractivity (Wildman–Crippen MR) is 42.6 cm³/mol. The summed E-state index contributed by atoms with van der Waals surface area (Å²) in [5, 5.41) is 41.2. The zero-order valence-electron chi connectivity index (χ0n) is 9.75. The summed E-state index contributed by atoms with van der Waals surface area (Å²) in [4.78, 5) is 41.3. The SMILES string of the molecule is O=C([O-])CC(NC(CC(=O)O)C(=O)[O-])C(=O)[O-].[Mn+2].[Na+]. The number of nitrogens with one attached hydrogen (secondary N) is 1. The third kappa shape index (κ3) is 10.9. The van der Waals surface area contributed by atoms with Crippen LogP contribution in [0.5, 0.6) is 0 Å². The van der Waals surface area contributed by atoms with Crippen molar-refractivity contribution in [3.05, 3.63) is 0 Å². The van der Waals surface area contributed by atoms with Gasteiger partial charge in [-0.3, -0.25) is 4.79 Å². The molecule has 2 N–H and O–H groups in total. The Morgan fingerprint density at radius 2 is 1.32 bits per heavy atom. The number of hydrogen-bond acceptors (Lipinski definition) is 8. The van der Waals surface area contributed by atoms with Crippen LogP contribution < -0.4 is 50.2 Å². The van der Waals surface area contributed by atoms with Crippen LogP contribution in [-0.2, 0) is 36.2 Å². The zero-order valence-corrected chi connectivity index (χ0v) is 12.9. The number of carboxylic acid groups (broad SMARTS) is 4. The van der Waals surface area contributed by atoms with Gasteiger partial charge in [0.1, 0.15) is 0 Å². The zero-order chi connectivity index (χ0) is 13.6. The number of rotatable bonds is 8. The molecule has 0 saturated heterocycles. The van der Waals surface area contributed by atoms with Crippen molar-refractivity contribution in [3.63, 3.8) is 0 Å². The van der Waals surface area contributed by atoms with Crippen LogP contribution in [0, 0.1) is 0 Å². The van der Waals surface area contributed by atoms with Crippen LogP contribution in [0.3, 0.4) is 0 Å². The molecule has 2 atom stereocenters. The monoisotopic (exact) mass is 324 g/mol. The Morgan fingerprint density at radius 3 is 1.58 bits per heavy atom. The van der Waals surface area contributed by atoms with E-state index >= 15 is 0 Å². The van der Waals surface area contributed by atoms with Crippen molar-refractivity contribution < 1.29 is 86.2 Å². The van der Waals surface area contributed by atoms with Crippen LogP contribution in [0.25, 0.3) is 0 Å². The molecule has 0 aliphatic heterocycles. The summed E-state index contributed by atoms with van der Waals surface area (Å²) in [6, 6.07) is -3.71. The molecule has 0 spiro atoms. The van der Waals surface area contributed by atoms with Gasteiger partial charge >= 0.3 is 52.6 Å². The summed E-state index contributed by atoms with van der Waals surface area (Å²) < 4.78 is 0. The smallest absolute Gasteiger partial charge is 0.550 e. The Labute approximate surface area is 140 Å². The van der Waals surface area contributed by atoms with E-state index in [1.807, 2.05) is 0 Å². The molecule has 0 heterocycles. The van der Waals surface area contributed by atoms with Gasteiger partial charge in [0.05, 0.1) is 30.4 Å². The second-order valence-electron chi connectivity index (χ2n) is 3.08. The largest absolute Gasteiger partial charge is 2.00 e. The van der Waals surface area contributed by atoms with E-state index in [-0.39, 0.29) is 46.6 Å². The van der Waals surface area contributed by atoms with Gasteiger partial charge in [0, 0.05) is 12.4 Å². The fraction of sp³-hybridized carbons (Fsp3) is 0.500. The van der Waals surface area contributed by atoms with Gasteiger partial charge in [0.25, 0.3) is 0 Å². The number of hydrogen-bond donors (Lipinski definition) is 2. The summed E-state index contributed by atoms with van der Waals surface area (Å²) >= 11 is 0. The van der Waals surface area contributed by atoms with Crippen molar-refractivity contribution >= 4 is 23.9 Å². The van der Waals surface area contributed by atoms with Crippen LogP contribution in [0.15, 0.2) is 0 Å². The minimum atomic E-state index is -1.88. The Hall–Kier alpha value is -0.641. The number of carbonyl (C=O) groups excluding carboxylic acids is 3. The maximum Gasteiger partial charge on any atom is 2.00 e. The molecule has 0 rings (SSSR count). The van der Waals surface area contributed by atoms with E-state index < -0.39 is 48.8 Å². The molecular weight excluding hydrogens is 316 g/mol. The van der Waals surface area contributed by atoms with Crippen molar-refractivity contribution in [2.45, 2.75) is 24.9 Å². The van der Waals surface area contributed by atoms with Gasteiger partial charge in [-0.1, -0.05) is 0 Å². The van der Waals surface area contributed by atoms with E-state index in [1.54, 1.807) is 5.32 Å². The quantitative estimate of drug-likeness (QED) is 0.411. The van der Waals surface area contributed by atoms with Crippen LogP contribution in [0.4, 0.5) is 0 Å². The molecule has 0 aromatic rings. The van der Waals surface area contributed by atoms with Crippen molar-refractivity contribution in [1.29, 1.82) is 0 Å². The molecule has 19 heavy (non-hydrogen) atoms. The van der Waals surface area contributed by atoms with Crippen molar-refractivity contribution in [1.82, 2.24) is 5.32 Å². The summed E-state index contributed by atoms with van der Waals surface area (Å²) in [6.45, 7) is 0. The van der Waals surface area contributed by atoms with Crippen LogP contribution >= 0.6 is 0 Å². The Balaban J connectivity index is -0.00000128. The van der Waals surface area contributed by atoms with Gasteiger partial charge in [-0.2, -0.15) is 0 Å². The second-order valence-corrected chi connectivity index (χ2v) is 3.08. The van der Waals surface area contributed by atoms with Crippen molar-refractivity contribution in [3.8, 4) is 0 Å². The van der Waals surface area contributed by atoms with E-state index in [4.69, 9.17) is 5.11 Å². The van der Waals surface area contributed by atoms with E-state index in [0.29, 0.717) is 0 Å². The molecule has 0 amide bonds. The maximum absolute atomic E-state index is 10.5. The van der Waals surface area contributed by atoms with Crippen LogP contribution in [0.2, 0.25) is 0 Å². The van der Waals surface area contributed by atoms with E-state index in [0.717, 1.165) is 0 Å². The van der Waals surface area contributed by atoms with E-state index in [1.165, 1.54) is 0 Å². The molecule has 0 aromatic heterocycles. The molecule has 0 fully saturated rings. The van der Waals surface area contributed by atoms with E-state index in [2.05, 4.69) is 0 Å². The first-order valence-electron chi connectivity index (χ1n) is 4.33. The number of carboxylic acids is 4. The van der Waals surface area contributed by atoms with Crippen LogP contribution in [-0.4, -0.2) is 41.1 Å². The third-order valence-corrected chi connectivity index (χ3v) is 1.72. The first-order chi connectivity index (χ1) is 7.73. The van der Waals surface area contributed by atoms with Gasteiger partial charge in [-0.25, -0.2) is 0 Å². The molecule has 11 heteroatoms. The fourth-order valence-corrected chi connectivity index (χ4v) is 1.00. The normalized spacial score (nSPS) is 12.2. The van der Waals surface area contributed by atoms with E-state index in [9.17, 15) is 34.5 Å².